The van der Waals surface area contributed by atoms with Gasteiger partial charge in [0.05, 0.1) is 5.56 Å². The first-order valence-electron chi connectivity index (χ1n) is 8.45. The fourth-order valence-corrected chi connectivity index (χ4v) is 4.64. The van der Waals surface area contributed by atoms with Crippen LogP contribution in [0.1, 0.15) is 17.5 Å². The normalized spacial score (nSPS) is 20.9. The van der Waals surface area contributed by atoms with E-state index in [0.29, 0.717) is 6.04 Å². The summed E-state index contributed by atoms with van der Waals surface area (Å²) in [5.74, 6) is 0. The maximum Gasteiger partial charge on any atom is 0.416 e. The monoisotopic (exact) mass is 364 g/mol. The molecule has 0 amide bonds. The number of rotatable bonds is 3. The van der Waals surface area contributed by atoms with Crippen LogP contribution in [0, 0.1) is 0 Å². The van der Waals surface area contributed by atoms with E-state index in [1.165, 1.54) is 11.3 Å². The number of anilines is 1. The van der Waals surface area contributed by atoms with Gasteiger partial charge in [-0.3, -0.25) is 0 Å². The Morgan fingerprint density at radius 3 is 2.48 bits per heavy atom. The minimum absolute atomic E-state index is 0.477. The Morgan fingerprint density at radius 1 is 0.960 bits per heavy atom. The fraction of sp³-hybridized carbons (Fsp3) is 0.368. The number of hydrogen-bond donors (Lipinski definition) is 0. The fourth-order valence-electron chi connectivity index (χ4n) is 3.64. The molecule has 2 aromatic rings. The Kier molecular flexibility index (Phi) is 4.41. The van der Waals surface area contributed by atoms with Crippen LogP contribution in [0.4, 0.5) is 18.9 Å². The van der Waals surface area contributed by atoms with Gasteiger partial charge in [-0.2, -0.15) is 13.2 Å². The molecule has 0 aliphatic carbocycles. The molecule has 1 unspecified atom stereocenters. The second-order valence-corrected chi connectivity index (χ2v) is 7.69. The Morgan fingerprint density at radius 2 is 1.72 bits per heavy atom. The van der Waals surface area contributed by atoms with Crippen LogP contribution in [-0.2, 0) is 12.6 Å². The Bertz CT molecular complexity index is 745. The van der Waals surface area contributed by atoms with Crippen molar-refractivity contribution in [2.45, 2.75) is 30.0 Å². The van der Waals surface area contributed by atoms with Gasteiger partial charge >= 0.3 is 6.18 Å². The highest BCUT2D eigenvalue weighted by Crippen LogP contribution is 2.36. The molecule has 1 fully saturated rings. The van der Waals surface area contributed by atoms with Crippen molar-refractivity contribution in [3.63, 3.8) is 0 Å². The third-order valence-corrected chi connectivity index (χ3v) is 5.98. The van der Waals surface area contributed by atoms with Crippen molar-refractivity contribution in [1.82, 2.24) is 4.31 Å². The predicted octanol–water partition coefficient (Wildman–Crippen LogP) is 4.85. The average Bonchev–Trinajstić information content (AvgIpc) is 3.21. The van der Waals surface area contributed by atoms with Gasteiger partial charge in [-0.1, -0.05) is 18.2 Å². The maximum atomic E-state index is 12.6. The SMILES string of the molecule is FC(F)(F)c1ccc(SN2CCC(N3CCc4ccccc43)C2)cc1. The summed E-state index contributed by atoms with van der Waals surface area (Å²) in [5.41, 5.74) is 2.16. The van der Waals surface area contributed by atoms with Crippen molar-refractivity contribution >= 4 is 17.6 Å². The largest absolute Gasteiger partial charge is 0.416 e. The summed E-state index contributed by atoms with van der Waals surface area (Å²) >= 11 is 1.55. The van der Waals surface area contributed by atoms with Crippen molar-refractivity contribution < 1.29 is 13.2 Å². The van der Waals surface area contributed by atoms with Crippen molar-refractivity contribution in [3.05, 3.63) is 59.7 Å². The van der Waals surface area contributed by atoms with Gasteiger partial charge in [-0.25, -0.2) is 4.31 Å². The van der Waals surface area contributed by atoms with E-state index in [2.05, 4.69) is 33.5 Å². The molecule has 25 heavy (non-hydrogen) atoms. The quantitative estimate of drug-likeness (QED) is 0.719. The number of fused-ring (bicyclic) bond motifs is 1. The van der Waals surface area contributed by atoms with Crippen LogP contribution in [0.5, 0.6) is 0 Å². The van der Waals surface area contributed by atoms with Gasteiger partial charge in [0, 0.05) is 36.3 Å². The van der Waals surface area contributed by atoms with Crippen LogP contribution in [0.25, 0.3) is 0 Å². The first-order valence-corrected chi connectivity index (χ1v) is 9.23. The van der Waals surface area contributed by atoms with Gasteiger partial charge in [0.2, 0.25) is 0 Å². The molecule has 2 aliphatic heterocycles. The Balaban J connectivity index is 1.39. The molecule has 2 nitrogen and oxygen atoms in total. The lowest BCUT2D eigenvalue weighted by atomic mass is 10.1. The Hall–Kier alpha value is -1.66. The van der Waals surface area contributed by atoms with Crippen molar-refractivity contribution in [2.75, 3.05) is 24.5 Å². The lowest BCUT2D eigenvalue weighted by Gasteiger charge is -2.27. The molecular formula is C19H19F3N2S. The molecule has 0 spiro atoms. The summed E-state index contributed by atoms with van der Waals surface area (Å²) in [6, 6.07) is 14.5. The van der Waals surface area contributed by atoms with Crippen LogP contribution < -0.4 is 4.90 Å². The summed E-state index contributed by atoms with van der Waals surface area (Å²) in [6.07, 6.45) is -2.09. The predicted molar refractivity (Wildman–Crippen MR) is 94.8 cm³/mol. The van der Waals surface area contributed by atoms with E-state index < -0.39 is 11.7 Å². The second kappa shape index (κ2) is 6.57. The number of halogens is 3. The number of alkyl halides is 3. The van der Waals surface area contributed by atoms with Crippen LogP contribution >= 0.6 is 11.9 Å². The molecule has 0 aromatic heterocycles. The summed E-state index contributed by atoms with van der Waals surface area (Å²) in [4.78, 5) is 3.35. The van der Waals surface area contributed by atoms with Gasteiger partial charge in [0.1, 0.15) is 0 Å². The summed E-state index contributed by atoms with van der Waals surface area (Å²) < 4.78 is 40.2. The van der Waals surface area contributed by atoms with E-state index in [4.69, 9.17) is 0 Å². The zero-order valence-corrected chi connectivity index (χ0v) is 14.5. The zero-order chi connectivity index (χ0) is 17.4. The molecule has 2 heterocycles. The van der Waals surface area contributed by atoms with Crippen molar-refractivity contribution in [1.29, 1.82) is 0 Å². The summed E-state index contributed by atoms with van der Waals surface area (Å²) in [7, 11) is 0. The highest BCUT2D eigenvalue weighted by Gasteiger charge is 2.32. The van der Waals surface area contributed by atoms with Gasteiger partial charge in [0.15, 0.2) is 0 Å². The van der Waals surface area contributed by atoms with E-state index in [9.17, 15) is 13.2 Å². The van der Waals surface area contributed by atoms with E-state index in [1.807, 2.05) is 0 Å². The van der Waals surface area contributed by atoms with Gasteiger partial charge in [-0.05, 0) is 60.7 Å². The topological polar surface area (TPSA) is 6.48 Å². The van der Waals surface area contributed by atoms with Crippen molar-refractivity contribution in [3.8, 4) is 0 Å². The third kappa shape index (κ3) is 3.51. The average molecular weight is 364 g/mol. The first-order chi connectivity index (χ1) is 12.0. The highest BCUT2D eigenvalue weighted by atomic mass is 32.2. The minimum Gasteiger partial charge on any atom is -0.367 e. The lowest BCUT2D eigenvalue weighted by molar-refractivity contribution is -0.137. The molecule has 2 aromatic carbocycles. The maximum absolute atomic E-state index is 12.6. The van der Waals surface area contributed by atoms with Crippen LogP contribution in [-0.4, -0.2) is 30.0 Å². The number of benzene rings is 2. The standard InChI is InChI=1S/C19H19F3N2S/c20-19(21,22)15-5-7-17(8-6-15)25-23-11-10-16(13-23)24-12-9-14-3-1-2-4-18(14)24/h1-8,16H,9-13H2. The molecular weight excluding hydrogens is 345 g/mol. The number of nitrogens with zero attached hydrogens (tertiary/aromatic N) is 2. The molecule has 1 saturated heterocycles. The van der Waals surface area contributed by atoms with E-state index in [-0.39, 0.29) is 0 Å². The molecule has 4 rings (SSSR count). The van der Waals surface area contributed by atoms with Crippen LogP contribution in [0.3, 0.4) is 0 Å². The number of hydrogen-bond acceptors (Lipinski definition) is 3. The summed E-state index contributed by atoms with van der Waals surface area (Å²) in [5, 5.41) is 0. The molecule has 1 atom stereocenters. The van der Waals surface area contributed by atoms with Gasteiger partial charge in [0.25, 0.3) is 0 Å². The van der Waals surface area contributed by atoms with Crippen LogP contribution in [0.15, 0.2) is 53.4 Å². The summed E-state index contributed by atoms with van der Waals surface area (Å²) in [6.45, 7) is 2.94. The molecule has 0 radical (unpaired) electrons. The van der Waals surface area contributed by atoms with E-state index >= 15 is 0 Å². The molecule has 132 valence electrons. The van der Waals surface area contributed by atoms with Gasteiger partial charge < -0.3 is 4.90 Å². The Labute approximate surface area is 149 Å². The van der Waals surface area contributed by atoms with E-state index in [1.54, 1.807) is 24.1 Å². The molecule has 6 heteroatoms. The van der Waals surface area contributed by atoms with Crippen LogP contribution in [0.2, 0.25) is 0 Å². The molecule has 2 aliphatic rings. The van der Waals surface area contributed by atoms with Crippen molar-refractivity contribution in [2.24, 2.45) is 0 Å². The minimum atomic E-state index is -4.27. The first kappa shape index (κ1) is 16.8. The lowest BCUT2D eigenvalue weighted by Crippen LogP contribution is -2.35. The molecule has 0 N–H and O–H groups in total. The third-order valence-electron chi connectivity index (χ3n) is 4.91. The molecule has 0 bridgehead atoms. The zero-order valence-electron chi connectivity index (χ0n) is 13.7. The van der Waals surface area contributed by atoms with Gasteiger partial charge in [-0.15, -0.1) is 0 Å². The van der Waals surface area contributed by atoms with E-state index in [0.717, 1.165) is 49.5 Å². The molecule has 0 saturated carbocycles. The highest BCUT2D eigenvalue weighted by molar-refractivity contribution is 7.97. The number of para-hydroxylation sites is 1. The second-order valence-electron chi connectivity index (χ2n) is 6.52. The smallest absolute Gasteiger partial charge is 0.367 e.